The van der Waals surface area contributed by atoms with Gasteiger partial charge < -0.3 is 32.6 Å². The molecular formula is C26H36N8O3. The molecule has 1 aliphatic heterocycles. The maximum Gasteiger partial charge on any atom is 0.328 e. The SMILES string of the molecule is CC(N)C(=O)Oc1ccccc1/C(N)=C/C(=C(N)N)n1cc(N2CCN(C3CCCCC3)CC2=O)cn1. The second kappa shape index (κ2) is 11.5. The number of para-hydroxylation sites is 1. The Labute approximate surface area is 216 Å². The summed E-state index contributed by atoms with van der Waals surface area (Å²) in [6, 6.07) is 6.52. The zero-order valence-corrected chi connectivity index (χ0v) is 21.2. The summed E-state index contributed by atoms with van der Waals surface area (Å²) in [6.45, 7) is 3.36. The van der Waals surface area contributed by atoms with Gasteiger partial charge in [-0.2, -0.15) is 5.10 Å². The van der Waals surface area contributed by atoms with Crippen LogP contribution >= 0.6 is 0 Å². The largest absolute Gasteiger partial charge is 0.425 e. The van der Waals surface area contributed by atoms with E-state index in [9.17, 15) is 9.59 Å². The van der Waals surface area contributed by atoms with Crippen LogP contribution in [0.4, 0.5) is 5.69 Å². The highest BCUT2D eigenvalue weighted by Crippen LogP contribution is 2.27. The van der Waals surface area contributed by atoms with E-state index in [2.05, 4.69) is 10.00 Å². The van der Waals surface area contributed by atoms with Gasteiger partial charge in [-0.1, -0.05) is 31.4 Å². The van der Waals surface area contributed by atoms with E-state index in [1.54, 1.807) is 47.6 Å². The zero-order chi connectivity index (χ0) is 26.5. The van der Waals surface area contributed by atoms with E-state index in [0.29, 0.717) is 36.1 Å². The number of aromatic nitrogens is 2. The lowest BCUT2D eigenvalue weighted by Crippen LogP contribution is -2.54. The molecule has 8 N–H and O–H groups in total. The van der Waals surface area contributed by atoms with Crippen molar-refractivity contribution in [2.75, 3.05) is 24.5 Å². The first-order valence-electron chi connectivity index (χ1n) is 12.6. The monoisotopic (exact) mass is 508 g/mol. The predicted molar refractivity (Wildman–Crippen MR) is 143 cm³/mol. The molecule has 1 aromatic carbocycles. The van der Waals surface area contributed by atoms with Crippen LogP contribution in [0, 0.1) is 0 Å². The fourth-order valence-corrected chi connectivity index (χ4v) is 4.81. The number of hydrogen-bond donors (Lipinski definition) is 4. The van der Waals surface area contributed by atoms with Gasteiger partial charge in [-0.05, 0) is 38.0 Å². The molecule has 1 saturated heterocycles. The zero-order valence-electron chi connectivity index (χ0n) is 21.2. The number of nitrogens with zero attached hydrogens (tertiary/aromatic N) is 4. The fourth-order valence-electron chi connectivity index (χ4n) is 4.81. The van der Waals surface area contributed by atoms with Crippen LogP contribution in [0.3, 0.4) is 0 Å². The van der Waals surface area contributed by atoms with E-state index in [-0.39, 0.29) is 23.2 Å². The van der Waals surface area contributed by atoms with Crippen molar-refractivity contribution in [3.8, 4) is 5.75 Å². The van der Waals surface area contributed by atoms with Gasteiger partial charge in [0.1, 0.15) is 23.3 Å². The minimum atomic E-state index is -0.789. The summed E-state index contributed by atoms with van der Waals surface area (Å²) in [5, 5.41) is 4.39. The smallest absolute Gasteiger partial charge is 0.328 e. The van der Waals surface area contributed by atoms with E-state index in [1.165, 1.54) is 30.9 Å². The highest BCUT2D eigenvalue weighted by atomic mass is 16.5. The lowest BCUT2D eigenvalue weighted by atomic mass is 9.94. The van der Waals surface area contributed by atoms with Gasteiger partial charge in [-0.3, -0.25) is 9.69 Å². The summed E-state index contributed by atoms with van der Waals surface area (Å²) in [5.74, 6) is -0.297. The third kappa shape index (κ3) is 6.12. The molecule has 1 amide bonds. The molecule has 1 atom stereocenters. The van der Waals surface area contributed by atoms with Gasteiger partial charge in [0.25, 0.3) is 0 Å². The van der Waals surface area contributed by atoms with Crippen molar-refractivity contribution in [3.05, 3.63) is 54.1 Å². The normalized spacial score (nSPS) is 18.5. The van der Waals surface area contributed by atoms with Crippen LogP contribution in [-0.4, -0.2) is 58.3 Å². The lowest BCUT2D eigenvalue weighted by Gasteiger charge is -2.39. The molecule has 2 aliphatic rings. The average Bonchev–Trinajstić information content (AvgIpc) is 3.37. The Morgan fingerprint density at radius 1 is 1.14 bits per heavy atom. The molecule has 198 valence electrons. The number of piperazine rings is 1. The van der Waals surface area contributed by atoms with Crippen molar-refractivity contribution >= 4 is 29.0 Å². The van der Waals surface area contributed by atoms with E-state index in [1.807, 2.05) is 0 Å². The Bertz CT molecular complexity index is 1190. The molecule has 4 rings (SSSR count). The molecule has 0 radical (unpaired) electrons. The predicted octanol–water partition coefficient (Wildman–Crippen LogP) is 1.16. The number of benzene rings is 1. The number of nitrogens with two attached hydrogens (primary N) is 4. The number of anilines is 1. The minimum Gasteiger partial charge on any atom is -0.425 e. The number of carbonyl (C=O) groups excluding carboxylic acids is 2. The lowest BCUT2D eigenvalue weighted by molar-refractivity contribution is -0.135. The summed E-state index contributed by atoms with van der Waals surface area (Å²) < 4.78 is 6.87. The van der Waals surface area contributed by atoms with Crippen LogP contribution in [0.5, 0.6) is 5.75 Å². The minimum absolute atomic E-state index is 0.0175. The topological polar surface area (TPSA) is 172 Å². The maximum atomic E-state index is 13.0. The van der Waals surface area contributed by atoms with Crippen LogP contribution in [0.15, 0.2) is 48.6 Å². The fraction of sp³-hybridized carbons (Fsp3) is 0.423. The van der Waals surface area contributed by atoms with E-state index >= 15 is 0 Å². The summed E-state index contributed by atoms with van der Waals surface area (Å²) in [7, 11) is 0. The van der Waals surface area contributed by atoms with Crippen LogP contribution < -0.4 is 32.6 Å². The molecule has 0 bridgehead atoms. The molecule has 1 aliphatic carbocycles. The molecule has 0 spiro atoms. The quantitative estimate of drug-likeness (QED) is 0.243. The second-order valence-electron chi connectivity index (χ2n) is 9.60. The van der Waals surface area contributed by atoms with Crippen molar-refractivity contribution in [1.29, 1.82) is 0 Å². The molecular weight excluding hydrogens is 472 g/mol. The van der Waals surface area contributed by atoms with Gasteiger partial charge in [0.05, 0.1) is 24.6 Å². The third-order valence-corrected chi connectivity index (χ3v) is 6.84. The van der Waals surface area contributed by atoms with Crippen molar-refractivity contribution in [1.82, 2.24) is 14.7 Å². The van der Waals surface area contributed by atoms with Crippen LogP contribution in [-0.2, 0) is 9.59 Å². The first-order valence-corrected chi connectivity index (χ1v) is 12.6. The standard InChI is InChI=1S/C26H36N8O3/c1-17(27)26(36)37-23-10-6-5-9-20(23)21(28)13-22(25(29)30)34-15-19(14-31-34)33-12-11-32(16-24(33)35)18-7-3-2-4-8-18/h5-6,9-10,13-15,17-18H,2-4,7-8,11-12,16,27-30H2,1H3/b21-13-. The molecule has 1 aromatic heterocycles. The number of rotatable bonds is 7. The molecule has 2 heterocycles. The highest BCUT2D eigenvalue weighted by molar-refractivity contribution is 5.95. The molecule has 2 fully saturated rings. The molecule has 1 unspecified atom stereocenters. The van der Waals surface area contributed by atoms with Gasteiger partial charge in [0.15, 0.2) is 0 Å². The van der Waals surface area contributed by atoms with E-state index < -0.39 is 12.0 Å². The summed E-state index contributed by atoms with van der Waals surface area (Å²) in [5.41, 5.74) is 25.6. The van der Waals surface area contributed by atoms with Crippen LogP contribution in [0.1, 0.15) is 44.6 Å². The van der Waals surface area contributed by atoms with Crippen molar-refractivity contribution < 1.29 is 14.3 Å². The Morgan fingerprint density at radius 3 is 2.54 bits per heavy atom. The number of allylic oxidation sites excluding steroid dienone is 2. The Kier molecular flexibility index (Phi) is 8.14. The van der Waals surface area contributed by atoms with E-state index in [4.69, 9.17) is 27.7 Å². The van der Waals surface area contributed by atoms with Gasteiger partial charge in [0, 0.05) is 30.4 Å². The summed E-state index contributed by atoms with van der Waals surface area (Å²) in [4.78, 5) is 29.1. The molecule has 1 saturated carbocycles. The first-order chi connectivity index (χ1) is 17.7. The number of hydrogen-bond acceptors (Lipinski definition) is 9. The number of ether oxygens (including phenoxy) is 1. The van der Waals surface area contributed by atoms with Gasteiger partial charge >= 0.3 is 5.97 Å². The highest BCUT2D eigenvalue weighted by Gasteiger charge is 2.31. The average molecular weight is 509 g/mol. The van der Waals surface area contributed by atoms with E-state index in [0.717, 1.165) is 19.4 Å². The number of amides is 1. The second-order valence-corrected chi connectivity index (χ2v) is 9.60. The van der Waals surface area contributed by atoms with Gasteiger partial charge in [-0.15, -0.1) is 0 Å². The van der Waals surface area contributed by atoms with Crippen molar-refractivity contribution in [3.63, 3.8) is 0 Å². The molecule has 2 aromatic rings. The van der Waals surface area contributed by atoms with Gasteiger partial charge in [0.2, 0.25) is 5.91 Å². The van der Waals surface area contributed by atoms with Gasteiger partial charge in [-0.25, -0.2) is 9.48 Å². The number of carbonyl (C=O) groups is 2. The Balaban J connectivity index is 1.52. The van der Waals surface area contributed by atoms with Crippen molar-refractivity contribution in [2.45, 2.75) is 51.1 Å². The summed E-state index contributed by atoms with van der Waals surface area (Å²) in [6.07, 6.45) is 10.9. The maximum absolute atomic E-state index is 13.0. The first kappa shape index (κ1) is 26.2. The molecule has 11 heteroatoms. The van der Waals surface area contributed by atoms with Crippen LogP contribution in [0.25, 0.3) is 11.4 Å². The van der Waals surface area contributed by atoms with Crippen molar-refractivity contribution in [2.24, 2.45) is 22.9 Å². The third-order valence-electron chi connectivity index (χ3n) is 6.84. The van der Waals surface area contributed by atoms with Crippen LogP contribution in [0.2, 0.25) is 0 Å². The Hall–Kier alpha value is -3.83. The molecule has 11 nitrogen and oxygen atoms in total. The summed E-state index contributed by atoms with van der Waals surface area (Å²) >= 11 is 0. The Morgan fingerprint density at radius 2 is 1.86 bits per heavy atom. The molecule has 37 heavy (non-hydrogen) atoms. The number of esters is 1.